The van der Waals surface area contributed by atoms with Gasteiger partial charge < -0.3 is 31.1 Å². The Morgan fingerprint density at radius 3 is 2.09 bits per heavy atom. The van der Waals surface area contributed by atoms with Gasteiger partial charge in [-0.2, -0.15) is 0 Å². The van der Waals surface area contributed by atoms with E-state index in [2.05, 4.69) is 5.32 Å². The third-order valence-electron chi connectivity index (χ3n) is 3.16. The monoisotopic (exact) mass is 312 g/mol. The van der Waals surface area contributed by atoms with Crippen LogP contribution >= 0.6 is 0 Å². The molecule has 0 heterocycles. The lowest BCUT2D eigenvalue weighted by Gasteiger charge is -2.30. The van der Waals surface area contributed by atoms with E-state index in [1.165, 1.54) is 0 Å². The number of carbonyl (C=O) groups is 1. The van der Waals surface area contributed by atoms with Crippen LogP contribution < -0.4 is 11.1 Å². The molecule has 1 aromatic carbocycles. The van der Waals surface area contributed by atoms with Crippen LogP contribution in [0.25, 0.3) is 0 Å². The van der Waals surface area contributed by atoms with E-state index in [0.717, 1.165) is 12.1 Å². The third-order valence-corrected chi connectivity index (χ3v) is 3.16. The van der Waals surface area contributed by atoms with Crippen LogP contribution in [0.4, 0.5) is 4.79 Å². The fourth-order valence-corrected chi connectivity index (χ4v) is 2.06. The van der Waals surface area contributed by atoms with Gasteiger partial charge in [0, 0.05) is 36.2 Å². The Morgan fingerprint density at radius 2 is 1.68 bits per heavy atom. The summed E-state index contributed by atoms with van der Waals surface area (Å²) in [5.41, 5.74) is 4.34. The second kappa shape index (κ2) is 6.31. The highest BCUT2D eigenvalue weighted by Crippen LogP contribution is 2.40. The van der Waals surface area contributed by atoms with Crippen molar-refractivity contribution in [3.63, 3.8) is 0 Å². The first-order chi connectivity index (χ1) is 9.98. The summed E-state index contributed by atoms with van der Waals surface area (Å²) in [4.78, 5) is 11.7. The van der Waals surface area contributed by atoms with Crippen molar-refractivity contribution in [3.05, 3.63) is 17.7 Å². The van der Waals surface area contributed by atoms with Gasteiger partial charge in [0.1, 0.15) is 22.8 Å². The second-order valence-electron chi connectivity index (χ2n) is 6.48. The molecule has 0 fully saturated rings. The number of aromatic hydroxyl groups is 3. The number of phenolic OH excluding ortho intramolecular Hbond substituents is 3. The zero-order valence-corrected chi connectivity index (χ0v) is 13.3. The van der Waals surface area contributed by atoms with Gasteiger partial charge in [-0.15, -0.1) is 0 Å². The average molecular weight is 312 g/mol. The Bertz CT molecular complexity index is 530. The van der Waals surface area contributed by atoms with E-state index in [1.807, 2.05) is 0 Å². The van der Waals surface area contributed by atoms with Crippen LogP contribution in [0.2, 0.25) is 0 Å². The zero-order valence-electron chi connectivity index (χ0n) is 13.3. The Kier molecular flexibility index (Phi) is 5.13. The van der Waals surface area contributed by atoms with Crippen molar-refractivity contribution in [2.24, 2.45) is 5.73 Å². The maximum absolute atomic E-state index is 11.7. The van der Waals surface area contributed by atoms with Gasteiger partial charge in [0.25, 0.3) is 0 Å². The molecule has 0 spiro atoms. The number of phenols is 3. The molecule has 0 bridgehead atoms. The Morgan fingerprint density at radius 1 is 1.18 bits per heavy atom. The molecule has 0 radical (unpaired) electrons. The van der Waals surface area contributed by atoms with E-state index >= 15 is 0 Å². The van der Waals surface area contributed by atoms with Crippen molar-refractivity contribution < 1.29 is 24.9 Å². The predicted molar refractivity (Wildman–Crippen MR) is 82.1 cm³/mol. The number of alkyl carbamates (subject to hydrolysis) is 1. The summed E-state index contributed by atoms with van der Waals surface area (Å²) >= 11 is 0. The summed E-state index contributed by atoms with van der Waals surface area (Å²) in [5.74, 6) is -0.855. The molecule has 0 aliphatic heterocycles. The fraction of sp³-hybridized carbons (Fsp3) is 0.533. The van der Waals surface area contributed by atoms with Gasteiger partial charge in [-0.3, -0.25) is 0 Å². The number of benzene rings is 1. The topological polar surface area (TPSA) is 125 Å². The lowest BCUT2D eigenvalue weighted by atomic mass is 9.81. The molecule has 7 nitrogen and oxygen atoms in total. The molecule has 0 aliphatic carbocycles. The average Bonchev–Trinajstić information content (AvgIpc) is 2.33. The summed E-state index contributed by atoms with van der Waals surface area (Å²) in [6, 6.07) is 2.22. The highest BCUT2D eigenvalue weighted by molar-refractivity contribution is 5.68. The zero-order chi connectivity index (χ0) is 17.1. The van der Waals surface area contributed by atoms with Crippen LogP contribution in [0, 0.1) is 0 Å². The van der Waals surface area contributed by atoms with Crippen LogP contribution in [0.3, 0.4) is 0 Å². The minimum atomic E-state index is -0.932. The van der Waals surface area contributed by atoms with Crippen LogP contribution in [0.5, 0.6) is 17.2 Å². The lowest BCUT2D eigenvalue weighted by Crippen LogP contribution is -2.45. The van der Waals surface area contributed by atoms with Gasteiger partial charge in [-0.05, 0) is 20.8 Å². The molecule has 1 aromatic rings. The molecule has 124 valence electrons. The van der Waals surface area contributed by atoms with Crippen molar-refractivity contribution in [2.75, 3.05) is 13.1 Å². The summed E-state index contributed by atoms with van der Waals surface area (Å²) < 4.78 is 5.14. The minimum absolute atomic E-state index is 0.0459. The van der Waals surface area contributed by atoms with Crippen LogP contribution in [-0.2, 0) is 10.2 Å². The molecule has 1 rings (SSSR count). The largest absolute Gasteiger partial charge is 0.508 e. The number of nitrogens with two attached hydrogens (primary N) is 1. The number of ether oxygens (including phenoxy) is 1. The second-order valence-corrected chi connectivity index (χ2v) is 6.48. The first-order valence-electron chi connectivity index (χ1n) is 6.91. The molecule has 1 amide bonds. The fourth-order valence-electron chi connectivity index (χ4n) is 2.06. The van der Waals surface area contributed by atoms with Crippen molar-refractivity contribution in [1.82, 2.24) is 5.32 Å². The maximum atomic E-state index is 11.7. The highest BCUT2D eigenvalue weighted by atomic mass is 16.6. The molecule has 1 atom stereocenters. The van der Waals surface area contributed by atoms with Crippen LogP contribution in [0.1, 0.15) is 33.3 Å². The number of hydrogen-bond donors (Lipinski definition) is 5. The van der Waals surface area contributed by atoms with Crippen molar-refractivity contribution in [3.8, 4) is 17.2 Å². The summed E-state index contributed by atoms with van der Waals surface area (Å²) in [6.07, 6.45) is -0.620. The van der Waals surface area contributed by atoms with E-state index in [1.54, 1.807) is 27.7 Å². The van der Waals surface area contributed by atoms with Gasteiger partial charge in [-0.25, -0.2) is 4.79 Å². The van der Waals surface area contributed by atoms with E-state index in [0.29, 0.717) is 0 Å². The van der Waals surface area contributed by atoms with Gasteiger partial charge in [0.2, 0.25) is 0 Å². The number of rotatable bonds is 4. The Labute approximate surface area is 129 Å². The lowest BCUT2D eigenvalue weighted by molar-refractivity contribution is 0.0515. The van der Waals surface area contributed by atoms with Crippen LogP contribution in [-0.4, -0.2) is 40.1 Å². The number of nitrogens with one attached hydrogen (secondary N) is 1. The molecule has 0 saturated carbocycles. The van der Waals surface area contributed by atoms with Gasteiger partial charge in [-0.1, -0.05) is 6.92 Å². The van der Waals surface area contributed by atoms with Crippen molar-refractivity contribution >= 4 is 6.09 Å². The molecule has 0 aliphatic rings. The van der Waals surface area contributed by atoms with Crippen molar-refractivity contribution in [1.29, 1.82) is 0 Å². The van der Waals surface area contributed by atoms with Crippen molar-refractivity contribution in [2.45, 2.75) is 38.7 Å². The standard InChI is InChI=1S/C15H24N2O5/c1-14(2,3)22-13(21)17-8-15(4,7-16)12-10(19)5-9(18)6-11(12)20/h5-6,18-20H,7-8,16H2,1-4H3,(H,17,21). The smallest absolute Gasteiger partial charge is 0.407 e. The SMILES string of the molecule is CC(C)(C)OC(=O)NCC(C)(CN)c1c(O)cc(O)cc1O. The van der Waals surface area contributed by atoms with Gasteiger partial charge in [0.05, 0.1) is 0 Å². The molecule has 22 heavy (non-hydrogen) atoms. The molecular formula is C15H24N2O5. The Hall–Kier alpha value is -2.15. The number of carbonyl (C=O) groups excluding carboxylic acids is 1. The predicted octanol–water partition coefficient (Wildman–Crippen LogP) is 1.54. The van der Waals surface area contributed by atoms with Crippen LogP contribution in [0.15, 0.2) is 12.1 Å². The summed E-state index contributed by atoms with van der Waals surface area (Å²) in [7, 11) is 0. The minimum Gasteiger partial charge on any atom is -0.508 e. The highest BCUT2D eigenvalue weighted by Gasteiger charge is 2.32. The normalized spacial score (nSPS) is 14.2. The quantitative estimate of drug-likeness (QED) is 0.574. The number of amides is 1. The third kappa shape index (κ3) is 4.42. The van der Waals surface area contributed by atoms with E-state index in [9.17, 15) is 20.1 Å². The molecular weight excluding hydrogens is 288 g/mol. The molecule has 6 N–H and O–H groups in total. The van der Waals surface area contributed by atoms with E-state index in [-0.39, 0.29) is 35.9 Å². The first kappa shape index (κ1) is 17.9. The van der Waals surface area contributed by atoms with Gasteiger partial charge >= 0.3 is 6.09 Å². The molecule has 1 unspecified atom stereocenters. The maximum Gasteiger partial charge on any atom is 0.407 e. The number of hydrogen-bond acceptors (Lipinski definition) is 6. The van der Waals surface area contributed by atoms with E-state index in [4.69, 9.17) is 10.5 Å². The first-order valence-corrected chi connectivity index (χ1v) is 6.91. The molecule has 7 heteroatoms. The summed E-state index contributed by atoms with van der Waals surface area (Å²) in [5, 5.41) is 31.9. The van der Waals surface area contributed by atoms with E-state index < -0.39 is 17.1 Å². The summed E-state index contributed by atoms with van der Waals surface area (Å²) in [6.45, 7) is 7.00. The molecule has 0 aromatic heterocycles. The molecule has 0 saturated heterocycles. The van der Waals surface area contributed by atoms with Gasteiger partial charge in [0.15, 0.2) is 0 Å². The Balaban J connectivity index is 2.96.